The van der Waals surface area contributed by atoms with E-state index in [0.29, 0.717) is 61.1 Å². The highest BCUT2D eigenvalue weighted by molar-refractivity contribution is 5.94. The Labute approximate surface area is 254 Å². The molecule has 0 spiro atoms. The molecule has 6 rings (SSSR count). The average Bonchev–Trinajstić information content (AvgIpc) is 3.63. The number of unbranched alkanes of at least 4 members (excludes halogenated alkanes) is 1. The molecule has 4 aromatic rings. The Balaban J connectivity index is 1.20. The highest BCUT2D eigenvalue weighted by atomic mass is 16.2. The van der Waals surface area contributed by atoms with E-state index in [1.807, 2.05) is 17.9 Å². The number of anilines is 3. The average molecular weight is 600 g/mol. The molecule has 0 aliphatic carbocycles. The van der Waals surface area contributed by atoms with Gasteiger partial charge in [-0.05, 0) is 19.4 Å². The molecule has 3 amide bonds. The number of aryl methyl sites for hydroxylation is 1. The van der Waals surface area contributed by atoms with Crippen LogP contribution in [0.25, 0.3) is 22.2 Å². The van der Waals surface area contributed by atoms with Crippen LogP contribution in [0.2, 0.25) is 0 Å². The molecular formula is C29H37N13O2. The summed E-state index contributed by atoms with van der Waals surface area (Å²) in [6.45, 7) is 7.17. The van der Waals surface area contributed by atoms with Crippen LogP contribution in [0.15, 0.2) is 37.1 Å². The van der Waals surface area contributed by atoms with Crippen molar-refractivity contribution < 1.29 is 9.59 Å². The predicted molar refractivity (Wildman–Crippen MR) is 166 cm³/mol. The summed E-state index contributed by atoms with van der Waals surface area (Å²) in [5.41, 5.74) is 8.85. The van der Waals surface area contributed by atoms with Gasteiger partial charge in [-0.25, -0.2) is 19.7 Å². The highest BCUT2D eigenvalue weighted by Gasteiger charge is 2.36. The van der Waals surface area contributed by atoms with Crippen molar-refractivity contribution >= 4 is 40.7 Å². The van der Waals surface area contributed by atoms with E-state index in [1.165, 1.54) is 0 Å². The number of nitrogens with zero attached hydrogens (tertiary/aromatic N) is 9. The third-order valence-electron chi connectivity index (χ3n) is 8.15. The lowest BCUT2D eigenvalue weighted by molar-refractivity contribution is 0.0945. The van der Waals surface area contributed by atoms with E-state index in [1.54, 1.807) is 42.7 Å². The molecule has 5 N–H and O–H groups in total. The molecule has 4 aromatic heterocycles. The first-order valence-electron chi connectivity index (χ1n) is 14.8. The summed E-state index contributed by atoms with van der Waals surface area (Å²) in [6.07, 6.45) is 11.2. The molecule has 15 heteroatoms. The number of pyridine rings is 1. The minimum absolute atomic E-state index is 0.00398. The van der Waals surface area contributed by atoms with Crippen LogP contribution in [0.4, 0.5) is 22.5 Å². The minimum Gasteiger partial charge on any atom is -0.368 e. The number of nitrogens with one attached hydrogen (secondary N) is 3. The number of urea groups is 1. The fraction of sp³-hybridized carbons (Fsp3) is 0.448. The first-order valence-corrected chi connectivity index (χ1v) is 14.8. The van der Waals surface area contributed by atoms with Gasteiger partial charge in [0.05, 0.1) is 28.9 Å². The van der Waals surface area contributed by atoms with Gasteiger partial charge in [0.15, 0.2) is 5.82 Å². The van der Waals surface area contributed by atoms with Crippen molar-refractivity contribution in [1.29, 1.82) is 0 Å². The number of rotatable bonds is 10. The molecule has 2 fully saturated rings. The minimum atomic E-state index is -0.529. The summed E-state index contributed by atoms with van der Waals surface area (Å²) >= 11 is 0. The number of carbonyl (C=O) groups excluding carboxylic acids is 2. The van der Waals surface area contributed by atoms with Gasteiger partial charge in [0.2, 0.25) is 11.9 Å². The zero-order chi connectivity index (χ0) is 30.8. The fourth-order valence-electron chi connectivity index (χ4n) is 5.66. The Bertz CT molecular complexity index is 1670. The predicted octanol–water partition coefficient (Wildman–Crippen LogP) is 1.80. The SMILES string of the molecule is CCCC[C@](C)(CNC(=O)c1cnn(C)c1)Nc1nc(N)nc2cc(-c3cnc(N4CCN5C(=O)NC[C@@H]5C4)nc3)cnc12. The third-order valence-corrected chi connectivity index (χ3v) is 8.15. The largest absolute Gasteiger partial charge is 0.368 e. The van der Waals surface area contributed by atoms with Gasteiger partial charge in [-0.3, -0.25) is 14.5 Å². The van der Waals surface area contributed by atoms with Gasteiger partial charge < -0.3 is 31.5 Å². The van der Waals surface area contributed by atoms with Crippen LogP contribution in [-0.2, 0) is 7.05 Å². The molecule has 0 saturated carbocycles. The van der Waals surface area contributed by atoms with Crippen LogP contribution < -0.4 is 26.6 Å². The van der Waals surface area contributed by atoms with E-state index in [9.17, 15) is 9.59 Å². The monoisotopic (exact) mass is 599 g/mol. The summed E-state index contributed by atoms with van der Waals surface area (Å²) in [5, 5.41) is 13.5. The molecule has 44 heavy (non-hydrogen) atoms. The summed E-state index contributed by atoms with van der Waals surface area (Å²) in [6, 6.07) is 2.01. The lowest BCUT2D eigenvalue weighted by Crippen LogP contribution is -2.52. The summed E-state index contributed by atoms with van der Waals surface area (Å²) in [7, 11) is 1.77. The van der Waals surface area contributed by atoms with Crippen molar-refractivity contribution in [2.75, 3.05) is 48.7 Å². The van der Waals surface area contributed by atoms with Gasteiger partial charge in [0.25, 0.3) is 5.91 Å². The number of fused-ring (bicyclic) bond motifs is 2. The highest BCUT2D eigenvalue weighted by Crippen LogP contribution is 2.29. The van der Waals surface area contributed by atoms with Gasteiger partial charge in [-0.2, -0.15) is 10.1 Å². The van der Waals surface area contributed by atoms with Crippen molar-refractivity contribution in [3.8, 4) is 11.1 Å². The Morgan fingerprint density at radius 3 is 2.68 bits per heavy atom. The molecule has 2 atom stereocenters. The number of nitrogens with two attached hydrogens (primary N) is 1. The smallest absolute Gasteiger partial charge is 0.317 e. The summed E-state index contributed by atoms with van der Waals surface area (Å²) < 4.78 is 1.60. The Morgan fingerprint density at radius 2 is 1.93 bits per heavy atom. The second kappa shape index (κ2) is 11.9. The van der Waals surface area contributed by atoms with Crippen molar-refractivity contribution in [2.24, 2.45) is 7.05 Å². The Kier molecular flexibility index (Phi) is 7.84. The number of piperazine rings is 1. The third kappa shape index (κ3) is 6.02. The van der Waals surface area contributed by atoms with Crippen molar-refractivity contribution in [1.82, 2.24) is 50.2 Å². The zero-order valence-electron chi connectivity index (χ0n) is 25.1. The van der Waals surface area contributed by atoms with Crippen LogP contribution in [0, 0.1) is 0 Å². The first-order chi connectivity index (χ1) is 21.2. The van der Waals surface area contributed by atoms with Crippen molar-refractivity contribution in [3.63, 3.8) is 0 Å². The van der Waals surface area contributed by atoms with E-state index in [4.69, 9.17) is 10.7 Å². The van der Waals surface area contributed by atoms with Crippen LogP contribution in [0.3, 0.4) is 0 Å². The first kappa shape index (κ1) is 29.0. The van der Waals surface area contributed by atoms with E-state index >= 15 is 0 Å². The van der Waals surface area contributed by atoms with E-state index in [0.717, 1.165) is 30.4 Å². The molecule has 230 valence electrons. The lowest BCUT2D eigenvalue weighted by Gasteiger charge is -2.36. The number of hydrogen-bond acceptors (Lipinski definition) is 11. The number of amides is 3. The molecule has 0 bridgehead atoms. The van der Waals surface area contributed by atoms with Crippen LogP contribution >= 0.6 is 0 Å². The second-order valence-electron chi connectivity index (χ2n) is 11.6. The van der Waals surface area contributed by atoms with Crippen LogP contribution in [0.1, 0.15) is 43.5 Å². The maximum atomic E-state index is 12.8. The van der Waals surface area contributed by atoms with Gasteiger partial charge in [-0.1, -0.05) is 19.8 Å². The number of hydrogen-bond donors (Lipinski definition) is 4. The lowest BCUT2D eigenvalue weighted by atomic mass is 9.94. The van der Waals surface area contributed by atoms with Gasteiger partial charge >= 0.3 is 6.03 Å². The van der Waals surface area contributed by atoms with Gasteiger partial charge in [0, 0.05) is 75.7 Å². The number of nitrogen functional groups attached to an aromatic ring is 1. The summed E-state index contributed by atoms with van der Waals surface area (Å²) in [4.78, 5) is 51.5. The zero-order valence-corrected chi connectivity index (χ0v) is 25.1. The van der Waals surface area contributed by atoms with Crippen LogP contribution in [0.5, 0.6) is 0 Å². The molecule has 0 aromatic carbocycles. The normalized spacial score (nSPS) is 17.7. The van der Waals surface area contributed by atoms with Crippen LogP contribution in [-0.4, -0.2) is 95.8 Å². The molecule has 2 aliphatic rings. The van der Waals surface area contributed by atoms with Crippen molar-refractivity contribution in [2.45, 2.75) is 44.7 Å². The molecule has 2 aliphatic heterocycles. The standard InChI is InChI=1S/C29H37N13O2/c1-4-5-6-29(2,17-35-25(43)20-13-36-40(3)15-20)39-24-23-22(37-26(30)38-24)9-18(10-31-23)19-11-32-27(33-12-19)41-7-8-42-21(16-41)14-34-28(42)44/h9-13,15,21H,4-8,14,16-17H2,1-3H3,(H,34,44)(H,35,43)(H3,30,37,38,39)/t21-,29-/m1/s1. The fourth-order valence-corrected chi connectivity index (χ4v) is 5.66. The van der Waals surface area contributed by atoms with Gasteiger partial charge in [-0.15, -0.1) is 0 Å². The molecule has 0 radical (unpaired) electrons. The quantitative estimate of drug-likeness (QED) is 0.208. The maximum absolute atomic E-state index is 12.8. The summed E-state index contributed by atoms with van der Waals surface area (Å²) in [5.74, 6) is 1.04. The van der Waals surface area contributed by atoms with Gasteiger partial charge in [0.1, 0.15) is 5.52 Å². The topological polar surface area (TPSA) is 185 Å². The maximum Gasteiger partial charge on any atom is 0.317 e. The molecular weight excluding hydrogens is 562 g/mol. The molecule has 6 heterocycles. The molecule has 15 nitrogen and oxygen atoms in total. The van der Waals surface area contributed by atoms with E-state index in [-0.39, 0.29) is 23.9 Å². The Hall–Kier alpha value is -5.08. The van der Waals surface area contributed by atoms with Crippen molar-refractivity contribution in [3.05, 3.63) is 42.6 Å². The number of aromatic nitrogens is 7. The Morgan fingerprint density at radius 1 is 1.14 bits per heavy atom. The second-order valence-corrected chi connectivity index (χ2v) is 11.6. The molecule has 2 saturated heterocycles. The molecule has 0 unspecified atom stereocenters. The van der Waals surface area contributed by atoms with E-state index in [2.05, 4.69) is 52.8 Å². The van der Waals surface area contributed by atoms with E-state index < -0.39 is 5.54 Å². The number of carbonyl (C=O) groups is 2.